The lowest BCUT2D eigenvalue weighted by atomic mass is 10.2. The number of halogens is 2. The molecule has 0 atom stereocenters. The Kier molecular flexibility index (Phi) is 4.70. The summed E-state index contributed by atoms with van der Waals surface area (Å²) >= 11 is 3.14. The van der Waals surface area contributed by atoms with Crippen molar-refractivity contribution in [1.29, 1.82) is 0 Å². The number of carbonyl (C=O) groups is 2. The molecule has 0 fully saturated rings. The maximum Gasteiger partial charge on any atom is 0.308 e. The van der Waals surface area contributed by atoms with Gasteiger partial charge in [-0.05, 0) is 42.5 Å². The summed E-state index contributed by atoms with van der Waals surface area (Å²) in [5.74, 6) is -1.09. The summed E-state index contributed by atoms with van der Waals surface area (Å²) in [4.78, 5) is 22.8. The van der Waals surface area contributed by atoms with Gasteiger partial charge in [0.05, 0.1) is 5.69 Å². The highest BCUT2D eigenvalue weighted by Crippen LogP contribution is 2.20. The molecule has 1 N–H and O–H groups in total. The quantitative estimate of drug-likeness (QED) is 0.676. The van der Waals surface area contributed by atoms with Gasteiger partial charge in [0.2, 0.25) is 0 Å². The van der Waals surface area contributed by atoms with E-state index in [4.69, 9.17) is 4.74 Å². The van der Waals surface area contributed by atoms with Crippen molar-refractivity contribution in [3.05, 3.63) is 58.3 Å². The number of rotatable bonds is 3. The van der Waals surface area contributed by atoms with Crippen LogP contribution in [0.5, 0.6) is 5.75 Å². The standard InChI is InChI=1S/C15H11BrFNO3/c1-9(19)21-12-5-2-10(3-6-12)15(20)18-14-7-4-11(16)8-13(14)17/h2-8H,1H3,(H,18,20). The van der Waals surface area contributed by atoms with Crippen LogP contribution >= 0.6 is 15.9 Å². The van der Waals surface area contributed by atoms with Gasteiger partial charge < -0.3 is 10.1 Å². The number of hydrogen-bond acceptors (Lipinski definition) is 3. The molecule has 0 radical (unpaired) electrons. The van der Waals surface area contributed by atoms with Crippen LogP contribution in [0, 0.1) is 5.82 Å². The van der Waals surface area contributed by atoms with Crippen LogP contribution in [0.4, 0.5) is 10.1 Å². The Morgan fingerprint density at radius 3 is 2.38 bits per heavy atom. The minimum Gasteiger partial charge on any atom is -0.427 e. The first kappa shape index (κ1) is 15.2. The zero-order chi connectivity index (χ0) is 15.4. The largest absolute Gasteiger partial charge is 0.427 e. The van der Waals surface area contributed by atoms with Crippen LogP contribution < -0.4 is 10.1 Å². The lowest BCUT2D eigenvalue weighted by molar-refractivity contribution is -0.131. The van der Waals surface area contributed by atoms with E-state index in [2.05, 4.69) is 21.2 Å². The first-order valence-corrected chi connectivity index (χ1v) is 6.80. The molecule has 2 aromatic rings. The third kappa shape index (κ3) is 4.13. The van der Waals surface area contributed by atoms with E-state index in [-0.39, 0.29) is 5.69 Å². The van der Waals surface area contributed by atoms with Gasteiger partial charge in [-0.3, -0.25) is 9.59 Å². The summed E-state index contributed by atoms with van der Waals surface area (Å²) in [6.07, 6.45) is 0. The highest BCUT2D eigenvalue weighted by Gasteiger charge is 2.10. The Labute approximate surface area is 129 Å². The van der Waals surface area contributed by atoms with Crippen LogP contribution in [0.2, 0.25) is 0 Å². The van der Waals surface area contributed by atoms with E-state index < -0.39 is 17.7 Å². The molecule has 0 heterocycles. The zero-order valence-corrected chi connectivity index (χ0v) is 12.6. The fourth-order valence-electron chi connectivity index (χ4n) is 1.63. The SMILES string of the molecule is CC(=O)Oc1ccc(C(=O)Nc2ccc(Br)cc2F)cc1. The summed E-state index contributed by atoms with van der Waals surface area (Å²) in [6.45, 7) is 1.29. The monoisotopic (exact) mass is 351 g/mol. The Balaban J connectivity index is 2.11. The zero-order valence-electron chi connectivity index (χ0n) is 11.0. The second-order valence-corrected chi connectivity index (χ2v) is 5.11. The van der Waals surface area contributed by atoms with Gasteiger partial charge in [-0.25, -0.2) is 4.39 Å². The Bertz CT molecular complexity index is 686. The number of hydrogen-bond donors (Lipinski definition) is 1. The van der Waals surface area contributed by atoms with E-state index in [1.54, 1.807) is 6.07 Å². The summed E-state index contributed by atoms with van der Waals surface area (Å²) in [5, 5.41) is 2.47. The summed E-state index contributed by atoms with van der Waals surface area (Å²) in [5.41, 5.74) is 0.417. The first-order chi connectivity index (χ1) is 9.95. The molecule has 0 aromatic heterocycles. The fourth-order valence-corrected chi connectivity index (χ4v) is 1.96. The molecule has 0 saturated carbocycles. The molecule has 4 nitrogen and oxygen atoms in total. The third-order valence-corrected chi connectivity index (χ3v) is 3.05. The molecular weight excluding hydrogens is 341 g/mol. The van der Waals surface area contributed by atoms with E-state index in [9.17, 15) is 14.0 Å². The average molecular weight is 352 g/mol. The van der Waals surface area contributed by atoms with Gasteiger partial charge in [0.15, 0.2) is 0 Å². The van der Waals surface area contributed by atoms with Crippen molar-refractivity contribution in [3.8, 4) is 5.75 Å². The van der Waals surface area contributed by atoms with Crippen LogP contribution in [0.3, 0.4) is 0 Å². The minimum atomic E-state index is -0.533. The molecule has 108 valence electrons. The van der Waals surface area contributed by atoms with E-state index in [1.807, 2.05) is 0 Å². The Morgan fingerprint density at radius 1 is 1.14 bits per heavy atom. The van der Waals surface area contributed by atoms with Crippen molar-refractivity contribution < 1.29 is 18.7 Å². The maximum atomic E-state index is 13.6. The molecule has 0 aliphatic carbocycles. The van der Waals surface area contributed by atoms with Gasteiger partial charge in [0.25, 0.3) is 5.91 Å². The number of carbonyl (C=O) groups excluding carboxylic acids is 2. The maximum absolute atomic E-state index is 13.6. The highest BCUT2D eigenvalue weighted by molar-refractivity contribution is 9.10. The molecule has 0 aliphatic rings. The van der Waals surface area contributed by atoms with Crippen molar-refractivity contribution in [2.75, 3.05) is 5.32 Å². The normalized spacial score (nSPS) is 10.0. The highest BCUT2D eigenvalue weighted by atomic mass is 79.9. The first-order valence-electron chi connectivity index (χ1n) is 6.00. The van der Waals surface area contributed by atoms with E-state index >= 15 is 0 Å². The molecule has 0 saturated heterocycles. The molecule has 2 rings (SSSR count). The lowest BCUT2D eigenvalue weighted by Gasteiger charge is -2.07. The summed E-state index contributed by atoms with van der Waals surface area (Å²) in [7, 11) is 0. The summed E-state index contributed by atoms with van der Waals surface area (Å²) < 4.78 is 19.1. The summed E-state index contributed by atoms with van der Waals surface area (Å²) in [6, 6.07) is 10.3. The fraction of sp³-hybridized carbons (Fsp3) is 0.0667. The molecule has 2 aromatic carbocycles. The van der Waals surface area contributed by atoms with Crippen molar-refractivity contribution in [2.24, 2.45) is 0 Å². The smallest absolute Gasteiger partial charge is 0.308 e. The number of ether oxygens (including phenoxy) is 1. The Morgan fingerprint density at radius 2 is 1.81 bits per heavy atom. The molecule has 21 heavy (non-hydrogen) atoms. The van der Waals surface area contributed by atoms with Crippen LogP contribution in [-0.2, 0) is 4.79 Å². The van der Waals surface area contributed by atoms with Crippen molar-refractivity contribution in [3.63, 3.8) is 0 Å². The molecular formula is C15H11BrFNO3. The molecule has 0 aliphatic heterocycles. The molecule has 0 unspecified atom stereocenters. The predicted octanol–water partition coefficient (Wildman–Crippen LogP) is 3.77. The number of amides is 1. The molecule has 1 amide bonds. The average Bonchev–Trinajstić information content (AvgIpc) is 2.42. The number of nitrogens with one attached hydrogen (secondary N) is 1. The molecule has 0 spiro atoms. The number of anilines is 1. The second kappa shape index (κ2) is 6.49. The third-order valence-electron chi connectivity index (χ3n) is 2.56. The van der Waals surface area contributed by atoms with Crippen LogP contribution in [0.15, 0.2) is 46.9 Å². The molecule has 6 heteroatoms. The van der Waals surface area contributed by atoms with Crippen molar-refractivity contribution in [2.45, 2.75) is 6.92 Å². The van der Waals surface area contributed by atoms with Crippen LogP contribution in [0.25, 0.3) is 0 Å². The topological polar surface area (TPSA) is 55.4 Å². The predicted molar refractivity (Wildman–Crippen MR) is 79.8 cm³/mol. The van der Waals surface area contributed by atoms with Gasteiger partial charge in [-0.2, -0.15) is 0 Å². The van der Waals surface area contributed by atoms with E-state index in [1.165, 1.54) is 43.3 Å². The second-order valence-electron chi connectivity index (χ2n) is 4.20. The van der Waals surface area contributed by atoms with Gasteiger partial charge in [0, 0.05) is 17.0 Å². The van der Waals surface area contributed by atoms with Crippen LogP contribution in [-0.4, -0.2) is 11.9 Å². The Hall–Kier alpha value is -2.21. The van der Waals surface area contributed by atoms with Crippen molar-refractivity contribution in [1.82, 2.24) is 0 Å². The van der Waals surface area contributed by atoms with Gasteiger partial charge in [-0.1, -0.05) is 15.9 Å². The number of benzene rings is 2. The number of esters is 1. The lowest BCUT2D eigenvalue weighted by Crippen LogP contribution is -2.13. The van der Waals surface area contributed by atoms with Gasteiger partial charge >= 0.3 is 5.97 Å². The van der Waals surface area contributed by atoms with Crippen molar-refractivity contribution >= 4 is 33.5 Å². The van der Waals surface area contributed by atoms with Gasteiger partial charge in [0.1, 0.15) is 11.6 Å². The van der Waals surface area contributed by atoms with Crippen LogP contribution in [0.1, 0.15) is 17.3 Å². The minimum absolute atomic E-state index is 0.0901. The van der Waals surface area contributed by atoms with E-state index in [0.717, 1.165) is 0 Å². The molecule has 0 bridgehead atoms. The van der Waals surface area contributed by atoms with Gasteiger partial charge in [-0.15, -0.1) is 0 Å². The van der Waals surface area contributed by atoms with E-state index in [0.29, 0.717) is 15.8 Å².